The number of rotatable bonds is 16. The monoisotopic (exact) mass is 533 g/mol. The van der Waals surface area contributed by atoms with Gasteiger partial charge in [-0.15, -0.1) is 0 Å². The molecule has 0 saturated carbocycles. The number of ether oxygens (including phenoxy) is 4. The fraction of sp³-hybridized carbons (Fsp3) is 0.321. The van der Waals surface area contributed by atoms with Gasteiger partial charge in [-0.1, -0.05) is 30.3 Å². The molecule has 0 spiro atoms. The van der Waals surface area contributed by atoms with Gasteiger partial charge >= 0.3 is 0 Å². The maximum Gasteiger partial charge on any atom is 0.233 e. The van der Waals surface area contributed by atoms with E-state index in [0.29, 0.717) is 75.4 Å². The Morgan fingerprint density at radius 2 is 1.36 bits per heavy atom. The van der Waals surface area contributed by atoms with Crippen molar-refractivity contribution in [2.75, 3.05) is 69.7 Å². The van der Waals surface area contributed by atoms with Crippen LogP contribution >= 0.6 is 0 Å². The lowest BCUT2D eigenvalue weighted by atomic mass is 10.1. The first-order valence-corrected chi connectivity index (χ1v) is 12.7. The molecule has 0 bridgehead atoms. The molecule has 0 unspecified atom stereocenters. The van der Waals surface area contributed by atoms with Gasteiger partial charge in [0.25, 0.3) is 0 Å². The topological polar surface area (TPSA) is 138 Å². The summed E-state index contributed by atoms with van der Waals surface area (Å²) in [6.07, 6.45) is 0. The molecule has 0 aliphatic heterocycles. The number of benzene rings is 3. The molecule has 0 aliphatic rings. The van der Waals surface area contributed by atoms with Crippen molar-refractivity contribution < 1.29 is 18.9 Å². The molecule has 0 saturated heterocycles. The van der Waals surface area contributed by atoms with Crippen LogP contribution in [0.2, 0.25) is 0 Å². The van der Waals surface area contributed by atoms with Crippen LogP contribution in [0.5, 0.6) is 11.5 Å². The third-order valence-corrected chi connectivity index (χ3v) is 5.67. The summed E-state index contributed by atoms with van der Waals surface area (Å²) >= 11 is 0. The fourth-order valence-electron chi connectivity index (χ4n) is 3.78. The highest BCUT2D eigenvalue weighted by Crippen LogP contribution is 2.24. The Bertz CT molecular complexity index is 1320. The van der Waals surface area contributed by atoms with Gasteiger partial charge in [0.15, 0.2) is 0 Å². The first-order chi connectivity index (χ1) is 19.2. The highest BCUT2D eigenvalue weighted by Gasteiger charge is 2.09. The van der Waals surface area contributed by atoms with E-state index in [9.17, 15) is 0 Å². The van der Waals surface area contributed by atoms with E-state index in [2.05, 4.69) is 55.2 Å². The molecule has 0 atom stereocenters. The predicted molar refractivity (Wildman–Crippen MR) is 153 cm³/mol. The normalized spacial score (nSPS) is 10.8. The number of nitrogens with two attached hydrogens (primary N) is 1. The van der Waals surface area contributed by atoms with E-state index in [1.807, 2.05) is 36.4 Å². The van der Waals surface area contributed by atoms with Gasteiger partial charge in [-0.25, -0.2) is 0 Å². The molecule has 4 rings (SSSR count). The van der Waals surface area contributed by atoms with E-state index < -0.39 is 0 Å². The Kier molecular flexibility index (Phi) is 10.5. The summed E-state index contributed by atoms with van der Waals surface area (Å²) in [7, 11) is 3.25. The Labute approximate surface area is 228 Å². The minimum absolute atomic E-state index is 0.407. The molecule has 11 heteroatoms. The Morgan fingerprint density at radius 1 is 0.692 bits per heavy atom. The smallest absolute Gasteiger partial charge is 0.233 e. The maximum absolute atomic E-state index is 5.59. The molecule has 1 heterocycles. The number of hydrogen-bond acceptors (Lipinski definition) is 11. The van der Waals surface area contributed by atoms with Crippen LogP contribution in [-0.4, -0.2) is 68.7 Å². The summed E-state index contributed by atoms with van der Waals surface area (Å²) in [4.78, 5) is 13.7. The molecule has 1 aromatic heterocycles. The first-order valence-electron chi connectivity index (χ1n) is 12.7. The molecule has 3 aromatic carbocycles. The summed E-state index contributed by atoms with van der Waals surface area (Å²) < 4.78 is 21.7. The minimum atomic E-state index is 0.407. The quantitative estimate of drug-likeness (QED) is 0.156. The molecule has 11 nitrogen and oxygen atoms in total. The number of methoxy groups -OCH3 is 2. The van der Waals surface area contributed by atoms with Crippen molar-refractivity contribution in [1.82, 2.24) is 15.0 Å². The SMILES string of the molecule is COc1cc(CNc2nc(NCCOCCOCCN)nc(Nc3ccc4ccccc4c3)n2)cc(OC)c1. The lowest BCUT2D eigenvalue weighted by molar-refractivity contribution is 0.0547. The number of nitrogens with zero attached hydrogens (tertiary/aromatic N) is 3. The Balaban J connectivity index is 1.46. The molecule has 0 radical (unpaired) electrons. The van der Waals surface area contributed by atoms with Crippen molar-refractivity contribution >= 4 is 34.3 Å². The number of aromatic nitrogens is 3. The second-order valence-electron chi connectivity index (χ2n) is 8.51. The zero-order valence-corrected chi connectivity index (χ0v) is 22.3. The van der Waals surface area contributed by atoms with Crippen LogP contribution in [0.15, 0.2) is 60.7 Å². The molecule has 0 amide bonds. The van der Waals surface area contributed by atoms with Crippen LogP contribution in [0.3, 0.4) is 0 Å². The average molecular weight is 534 g/mol. The molecular weight excluding hydrogens is 498 g/mol. The summed E-state index contributed by atoms with van der Waals surface area (Å²) in [6, 6.07) is 20.0. The first kappa shape index (κ1) is 27.8. The van der Waals surface area contributed by atoms with E-state index in [1.165, 1.54) is 0 Å². The molecule has 0 aliphatic carbocycles. The van der Waals surface area contributed by atoms with E-state index in [1.54, 1.807) is 14.2 Å². The standard InChI is InChI=1S/C28H35N7O4/c1-36-24-15-20(16-25(18-24)37-2)19-31-27-33-26(30-10-12-39-14-13-38-11-9-29)34-28(35-27)32-23-8-7-21-5-3-4-6-22(21)17-23/h3-8,15-18H,9-14,19,29H2,1-2H3,(H3,30,31,32,33,34,35). The molecule has 0 fully saturated rings. The lowest BCUT2D eigenvalue weighted by Gasteiger charge is -2.13. The predicted octanol–water partition coefficient (Wildman–Crippen LogP) is 3.80. The van der Waals surface area contributed by atoms with Crippen molar-refractivity contribution in [1.29, 1.82) is 0 Å². The zero-order valence-electron chi connectivity index (χ0n) is 22.3. The molecular formula is C28H35N7O4. The average Bonchev–Trinajstić information content (AvgIpc) is 2.97. The summed E-state index contributed by atoms with van der Waals surface area (Å²) in [5.74, 6) is 2.65. The van der Waals surface area contributed by atoms with E-state index in [0.717, 1.165) is 22.0 Å². The highest BCUT2D eigenvalue weighted by molar-refractivity contribution is 5.86. The van der Waals surface area contributed by atoms with Gasteiger partial charge in [-0.3, -0.25) is 0 Å². The van der Waals surface area contributed by atoms with E-state index in [4.69, 9.17) is 24.7 Å². The van der Waals surface area contributed by atoms with Crippen molar-refractivity contribution in [2.45, 2.75) is 6.54 Å². The second-order valence-corrected chi connectivity index (χ2v) is 8.51. The van der Waals surface area contributed by atoms with Crippen molar-refractivity contribution in [2.24, 2.45) is 5.73 Å². The molecule has 206 valence electrons. The van der Waals surface area contributed by atoms with Gasteiger partial charge in [0.2, 0.25) is 17.8 Å². The number of fused-ring (bicyclic) bond motifs is 1. The Hall–Kier alpha value is -4.19. The van der Waals surface area contributed by atoms with Gasteiger partial charge in [0, 0.05) is 31.4 Å². The third kappa shape index (κ3) is 8.67. The molecule has 39 heavy (non-hydrogen) atoms. The van der Waals surface area contributed by atoms with Gasteiger partial charge in [0.05, 0.1) is 40.6 Å². The van der Waals surface area contributed by atoms with Crippen LogP contribution in [0.25, 0.3) is 10.8 Å². The number of anilines is 4. The largest absolute Gasteiger partial charge is 0.497 e. The summed E-state index contributed by atoms with van der Waals surface area (Å²) in [5.41, 5.74) is 7.24. The second kappa shape index (κ2) is 14.7. The highest BCUT2D eigenvalue weighted by atomic mass is 16.5. The molecule has 4 aromatic rings. The lowest BCUT2D eigenvalue weighted by Crippen LogP contribution is -2.17. The van der Waals surface area contributed by atoms with E-state index >= 15 is 0 Å². The van der Waals surface area contributed by atoms with Gasteiger partial charge < -0.3 is 40.6 Å². The third-order valence-electron chi connectivity index (χ3n) is 5.67. The van der Waals surface area contributed by atoms with Crippen molar-refractivity contribution in [3.8, 4) is 11.5 Å². The summed E-state index contributed by atoms with van der Waals surface area (Å²) in [6.45, 7) is 3.46. The fourth-order valence-corrected chi connectivity index (χ4v) is 3.78. The number of hydrogen-bond donors (Lipinski definition) is 4. The van der Waals surface area contributed by atoms with Crippen molar-refractivity contribution in [3.63, 3.8) is 0 Å². The van der Waals surface area contributed by atoms with Gasteiger partial charge in [-0.2, -0.15) is 15.0 Å². The maximum atomic E-state index is 5.59. The van der Waals surface area contributed by atoms with Gasteiger partial charge in [-0.05, 0) is 40.6 Å². The Morgan fingerprint density at radius 3 is 2.08 bits per heavy atom. The minimum Gasteiger partial charge on any atom is -0.497 e. The van der Waals surface area contributed by atoms with Crippen molar-refractivity contribution in [3.05, 3.63) is 66.2 Å². The zero-order chi connectivity index (χ0) is 27.3. The summed E-state index contributed by atoms with van der Waals surface area (Å²) in [5, 5.41) is 12.1. The van der Waals surface area contributed by atoms with Crippen LogP contribution < -0.4 is 31.2 Å². The van der Waals surface area contributed by atoms with Crippen LogP contribution in [0.1, 0.15) is 5.56 Å². The van der Waals surface area contributed by atoms with Gasteiger partial charge in [0.1, 0.15) is 11.5 Å². The number of nitrogens with one attached hydrogen (secondary N) is 3. The van der Waals surface area contributed by atoms with E-state index in [-0.39, 0.29) is 0 Å². The van der Waals surface area contributed by atoms with Crippen LogP contribution in [-0.2, 0) is 16.0 Å². The van der Waals surface area contributed by atoms with Crippen LogP contribution in [0.4, 0.5) is 23.5 Å². The molecule has 5 N–H and O–H groups in total. The van der Waals surface area contributed by atoms with Crippen LogP contribution in [0, 0.1) is 0 Å².